The van der Waals surface area contributed by atoms with Crippen molar-refractivity contribution >= 4 is 8.07 Å². The normalized spacial score (nSPS) is 15.9. The minimum Gasteiger partial charge on any atom is -0.497 e. The first-order valence-electron chi connectivity index (χ1n) is 6.56. The zero-order valence-corrected chi connectivity index (χ0v) is 13.7. The maximum atomic E-state index is 10.7. The average Bonchev–Trinajstić information content (AvgIpc) is 2.35. The van der Waals surface area contributed by atoms with Gasteiger partial charge in [0.1, 0.15) is 19.4 Å². The molecule has 1 rings (SSSR count). The number of rotatable bonds is 3. The van der Waals surface area contributed by atoms with Gasteiger partial charge >= 0.3 is 0 Å². The number of benzene rings is 1. The van der Waals surface area contributed by atoms with Gasteiger partial charge < -0.3 is 9.84 Å². The van der Waals surface area contributed by atoms with Gasteiger partial charge in [-0.25, -0.2) is 0 Å². The molecule has 0 aliphatic carbocycles. The molecule has 0 aliphatic rings. The molecule has 1 aromatic carbocycles. The average molecular weight is 276 g/mol. The van der Waals surface area contributed by atoms with Gasteiger partial charge in [-0.2, -0.15) is 0 Å². The smallest absolute Gasteiger partial charge is 0.129 e. The number of hydrogen-bond acceptors (Lipinski definition) is 2. The fourth-order valence-electron chi connectivity index (χ4n) is 1.64. The van der Waals surface area contributed by atoms with Gasteiger partial charge in [-0.3, -0.25) is 0 Å². The summed E-state index contributed by atoms with van der Waals surface area (Å²) >= 11 is 0. The van der Waals surface area contributed by atoms with E-state index in [0.717, 1.165) is 11.3 Å². The lowest BCUT2D eigenvalue weighted by Gasteiger charge is -2.28. The maximum absolute atomic E-state index is 10.7. The van der Waals surface area contributed by atoms with Crippen LogP contribution in [0.1, 0.15) is 19.4 Å². The zero-order chi connectivity index (χ0) is 14.7. The minimum absolute atomic E-state index is 0.104. The van der Waals surface area contributed by atoms with Gasteiger partial charge in [0.2, 0.25) is 0 Å². The maximum Gasteiger partial charge on any atom is 0.129 e. The molecule has 0 spiro atoms. The van der Waals surface area contributed by atoms with Crippen LogP contribution >= 0.6 is 0 Å². The second kappa shape index (κ2) is 5.81. The second-order valence-corrected chi connectivity index (χ2v) is 10.9. The predicted octanol–water partition coefficient (Wildman–Crippen LogP) is 3.42. The summed E-state index contributed by atoms with van der Waals surface area (Å²) in [4.78, 5) is 0. The van der Waals surface area contributed by atoms with Gasteiger partial charge in [-0.15, -0.1) is 11.5 Å². The first-order chi connectivity index (χ1) is 8.66. The van der Waals surface area contributed by atoms with Crippen LogP contribution in [0.2, 0.25) is 19.6 Å². The van der Waals surface area contributed by atoms with E-state index in [-0.39, 0.29) is 5.92 Å². The fourth-order valence-corrected chi connectivity index (χ4v) is 2.29. The van der Waals surface area contributed by atoms with Crippen molar-refractivity contribution in [3.05, 3.63) is 29.8 Å². The lowest BCUT2D eigenvalue weighted by molar-refractivity contribution is 0.0239. The Bertz CT molecular complexity index is 472. The summed E-state index contributed by atoms with van der Waals surface area (Å²) in [5.41, 5.74) is 3.25. The number of hydrogen-bond donors (Lipinski definition) is 1. The van der Waals surface area contributed by atoms with Crippen LogP contribution < -0.4 is 4.74 Å². The van der Waals surface area contributed by atoms with Crippen LogP contribution in [0.25, 0.3) is 0 Å². The molecule has 0 saturated carbocycles. The van der Waals surface area contributed by atoms with E-state index < -0.39 is 13.7 Å². The Morgan fingerprint density at radius 3 is 2.16 bits per heavy atom. The molecule has 2 nitrogen and oxygen atoms in total. The van der Waals surface area contributed by atoms with Gasteiger partial charge in [-0.1, -0.05) is 31.8 Å². The summed E-state index contributed by atoms with van der Waals surface area (Å²) in [6, 6.07) is 7.52. The van der Waals surface area contributed by atoms with Crippen molar-refractivity contribution in [1.29, 1.82) is 0 Å². The Labute approximate surface area is 117 Å². The van der Waals surface area contributed by atoms with Crippen molar-refractivity contribution in [2.24, 2.45) is 5.92 Å². The molecule has 0 aromatic heterocycles. The Balaban J connectivity index is 2.97. The van der Waals surface area contributed by atoms with E-state index in [1.165, 1.54) is 0 Å². The molecular formula is C16H24O2Si. The molecule has 1 N–H and O–H groups in total. The van der Waals surface area contributed by atoms with Crippen LogP contribution in [0.5, 0.6) is 5.75 Å². The third kappa shape index (κ3) is 4.41. The highest BCUT2D eigenvalue weighted by Crippen LogP contribution is 2.30. The Morgan fingerprint density at radius 1 is 1.21 bits per heavy atom. The molecule has 104 valence electrons. The number of methoxy groups -OCH3 is 1. The van der Waals surface area contributed by atoms with E-state index in [1.807, 2.05) is 38.1 Å². The Kier molecular flexibility index (Phi) is 4.84. The molecule has 0 bridgehead atoms. The third-order valence-electron chi connectivity index (χ3n) is 3.18. The summed E-state index contributed by atoms with van der Waals surface area (Å²) < 4.78 is 5.13. The number of ether oxygens (including phenoxy) is 1. The molecule has 19 heavy (non-hydrogen) atoms. The van der Waals surface area contributed by atoms with E-state index in [4.69, 9.17) is 4.74 Å². The highest BCUT2D eigenvalue weighted by atomic mass is 28.3. The first kappa shape index (κ1) is 15.8. The van der Waals surface area contributed by atoms with Crippen LogP contribution in [-0.2, 0) is 5.60 Å². The summed E-state index contributed by atoms with van der Waals surface area (Å²) in [6.45, 7) is 10.4. The largest absolute Gasteiger partial charge is 0.497 e. The molecule has 2 atom stereocenters. The molecule has 0 heterocycles. The van der Waals surface area contributed by atoms with Gasteiger partial charge in [0, 0.05) is 5.92 Å². The van der Waals surface area contributed by atoms with E-state index in [9.17, 15) is 5.11 Å². The summed E-state index contributed by atoms with van der Waals surface area (Å²) in [5.74, 6) is 3.91. The lowest BCUT2D eigenvalue weighted by atomic mass is 9.84. The molecule has 3 heteroatoms. The molecule has 0 radical (unpaired) electrons. The van der Waals surface area contributed by atoms with Gasteiger partial charge in [0.15, 0.2) is 0 Å². The fraction of sp³-hybridized carbons (Fsp3) is 0.500. The Morgan fingerprint density at radius 2 is 1.74 bits per heavy atom. The quantitative estimate of drug-likeness (QED) is 0.677. The van der Waals surface area contributed by atoms with Crippen LogP contribution in [0.15, 0.2) is 24.3 Å². The SMILES string of the molecule is COc1ccc([C@@](C)(O)[C@H](C)C#C[Si](C)(C)C)cc1. The van der Waals surface area contributed by atoms with E-state index in [1.54, 1.807) is 7.11 Å². The van der Waals surface area contributed by atoms with Crippen molar-refractivity contribution in [3.63, 3.8) is 0 Å². The molecule has 0 fully saturated rings. The second-order valence-electron chi connectivity index (χ2n) is 6.12. The van der Waals surface area contributed by atoms with Gasteiger partial charge in [-0.05, 0) is 31.5 Å². The van der Waals surface area contributed by atoms with Crippen LogP contribution in [0.3, 0.4) is 0 Å². The highest BCUT2D eigenvalue weighted by molar-refractivity contribution is 6.83. The predicted molar refractivity (Wildman–Crippen MR) is 82.9 cm³/mol. The molecule has 1 aromatic rings. The van der Waals surface area contributed by atoms with Crippen LogP contribution in [0.4, 0.5) is 0 Å². The molecule has 0 amide bonds. The van der Waals surface area contributed by atoms with Crippen LogP contribution in [0, 0.1) is 17.4 Å². The van der Waals surface area contributed by atoms with E-state index >= 15 is 0 Å². The van der Waals surface area contributed by atoms with Crippen molar-refractivity contribution < 1.29 is 9.84 Å². The Hall–Kier alpha value is -1.24. The topological polar surface area (TPSA) is 29.5 Å². The first-order valence-corrected chi connectivity index (χ1v) is 10.1. The molecule has 0 aliphatic heterocycles. The van der Waals surface area contributed by atoms with Gasteiger partial charge in [0.05, 0.1) is 7.11 Å². The highest BCUT2D eigenvalue weighted by Gasteiger charge is 2.29. The molecule has 0 saturated heterocycles. The van der Waals surface area contributed by atoms with Crippen LogP contribution in [-0.4, -0.2) is 20.3 Å². The third-order valence-corrected chi connectivity index (χ3v) is 4.08. The summed E-state index contributed by atoms with van der Waals surface area (Å²) in [6.07, 6.45) is 0. The van der Waals surface area contributed by atoms with Crippen molar-refractivity contribution in [2.75, 3.05) is 7.11 Å². The monoisotopic (exact) mass is 276 g/mol. The molecular weight excluding hydrogens is 252 g/mol. The lowest BCUT2D eigenvalue weighted by Crippen LogP contribution is -2.29. The summed E-state index contributed by atoms with van der Waals surface area (Å²) in [5, 5.41) is 10.7. The van der Waals surface area contributed by atoms with E-state index in [2.05, 4.69) is 31.1 Å². The zero-order valence-electron chi connectivity index (χ0n) is 12.7. The van der Waals surface area contributed by atoms with Crippen molar-refractivity contribution in [1.82, 2.24) is 0 Å². The standard InChI is InChI=1S/C16H24O2Si/c1-13(11-12-19(4,5)6)16(2,17)14-7-9-15(18-3)10-8-14/h7-10,13,17H,1-6H3/t13-,16+/m1/s1. The van der Waals surface area contributed by atoms with Crippen molar-refractivity contribution in [2.45, 2.75) is 39.1 Å². The number of aliphatic hydroxyl groups is 1. The van der Waals surface area contributed by atoms with Gasteiger partial charge in [0.25, 0.3) is 0 Å². The molecule has 0 unspecified atom stereocenters. The van der Waals surface area contributed by atoms with Crippen molar-refractivity contribution in [3.8, 4) is 17.2 Å². The minimum atomic E-state index is -1.41. The summed E-state index contributed by atoms with van der Waals surface area (Å²) in [7, 11) is 0.227. The van der Waals surface area contributed by atoms with E-state index in [0.29, 0.717) is 0 Å².